The van der Waals surface area contributed by atoms with E-state index in [2.05, 4.69) is 14.9 Å². The molecule has 2 aromatic rings. The van der Waals surface area contributed by atoms with E-state index in [1.165, 1.54) is 7.11 Å². The fourth-order valence-electron chi connectivity index (χ4n) is 4.48. The minimum Gasteiger partial charge on any atom is -0.494 e. The van der Waals surface area contributed by atoms with Gasteiger partial charge in [-0.15, -0.1) is 0 Å². The lowest BCUT2D eigenvalue weighted by atomic mass is 10.2. The summed E-state index contributed by atoms with van der Waals surface area (Å²) in [6.45, 7) is 16.4. The molecule has 0 aliphatic rings. The number of carboxylic acid groups (broad SMARTS) is 1. The number of methoxy groups -OCH3 is 1. The second kappa shape index (κ2) is 26.0. The monoisotopic (exact) mass is 711 g/mol. The Morgan fingerprint density at radius 3 is 1.94 bits per heavy atom. The van der Waals surface area contributed by atoms with Crippen LogP contribution < -0.4 is 20.5 Å². The first-order chi connectivity index (χ1) is 24.3. The Morgan fingerprint density at radius 1 is 0.824 bits per heavy atom. The Morgan fingerprint density at radius 2 is 1.37 bits per heavy atom. The zero-order chi connectivity index (χ0) is 37.9. The van der Waals surface area contributed by atoms with E-state index in [0.29, 0.717) is 56.1 Å². The van der Waals surface area contributed by atoms with Crippen molar-refractivity contribution in [2.75, 3.05) is 46.5 Å². The average molecular weight is 712 g/mol. The van der Waals surface area contributed by atoms with Crippen molar-refractivity contribution in [3.8, 4) is 11.5 Å². The number of aliphatic carboxylic acids is 1. The zero-order valence-corrected chi connectivity index (χ0v) is 30.7. The molecule has 2 rings (SSSR count). The highest BCUT2D eigenvalue weighted by Gasteiger charge is 2.21. The molecule has 0 aliphatic heterocycles. The van der Waals surface area contributed by atoms with Gasteiger partial charge in [0.25, 0.3) is 0 Å². The van der Waals surface area contributed by atoms with Gasteiger partial charge in [-0.05, 0) is 109 Å². The molecule has 0 aliphatic carbocycles. The largest absolute Gasteiger partial charge is 0.494 e. The van der Waals surface area contributed by atoms with Crippen molar-refractivity contribution in [3.05, 3.63) is 65.5 Å². The maximum absolute atomic E-state index is 12.5. The van der Waals surface area contributed by atoms with Crippen LogP contribution >= 0.6 is 0 Å². The van der Waals surface area contributed by atoms with Crippen molar-refractivity contribution in [3.63, 3.8) is 0 Å². The number of hydrogen-bond donors (Lipinski definition) is 4. The molecule has 0 heterocycles. The first-order valence-electron chi connectivity index (χ1n) is 17.5. The van der Waals surface area contributed by atoms with Crippen molar-refractivity contribution in [2.24, 2.45) is 5.73 Å². The Hall–Kier alpha value is -4.83. The number of esters is 1. The van der Waals surface area contributed by atoms with Gasteiger partial charge >= 0.3 is 18.0 Å². The number of carboxylic acids is 1. The number of nitrogens with one attached hydrogen (secondary N) is 2. The summed E-state index contributed by atoms with van der Waals surface area (Å²) < 4.78 is 21.4. The Kier molecular flexibility index (Phi) is 22.6. The molecule has 13 nitrogen and oxygen atoms in total. The van der Waals surface area contributed by atoms with Gasteiger partial charge in [-0.3, -0.25) is 15.0 Å². The predicted octanol–water partition coefficient (Wildman–Crippen LogP) is 6.95. The summed E-state index contributed by atoms with van der Waals surface area (Å²) in [6, 6.07) is 14.1. The highest BCUT2D eigenvalue weighted by atomic mass is 16.6. The van der Waals surface area contributed by atoms with Gasteiger partial charge in [-0.25, -0.2) is 9.64 Å². The second-order valence-corrected chi connectivity index (χ2v) is 12.8. The molecule has 0 atom stereocenters. The molecule has 0 unspecified atom stereocenters. The van der Waals surface area contributed by atoms with Crippen LogP contribution in [-0.4, -0.2) is 86.0 Å². The average Bonchev–Trinajstić information content (AvgIpc) is 3.09. The first kappa shape index (κ1) is 44.2. The summed E-state index contributed by atoms with van der Waals surface area (Å²) in [4.78, 5) is 39.0. The highest BCUT2D eigenvalue weighted by molar-refractivity contribution is 5.94. The Balaban J connectivity index is 0.000000530. The predicted molar refractivity (Wildman–Crippen MR) is 198 cm³/mol. The summed E-state index contributed by atoms with van der Waals surface area (Å²) in [5.74, 6) is 0.596. The van der Waals surface area contributed by atoms with Crippen LogP contribution in [-0.2, 0) is 19.1 Å². The number of amides is 1. The normalized spacial score (nSPS) is 10.6. The third kappa shape index (κ3) is 23.3. The molecule has 1 amide bonds. The van der Waals surface area contributed by atoms with Gasteiger partial charge in [0.1, 0.15) is 22.9 Å². The van der Waals surface area contributed by atoms with Crippen LogP contribution in [0, 0.1) is 12.0 Å². The summed E-state index contributed by atoms with van der Waals surface area (Å²) in [5, 5.41) is 19.1. The third-order valence-electron chi connectivity index (χ3n) is 7.17. The highest BCUT2D eigenvalue weighted by Crippen LogP contribution is 2.18. The van der Waals surface area contributed by atoms with Gasteiger partial charge in [0.15, 0.2) is 5.69 Å². The van der Waals surface area contributed by atoms with Gasteiger partial charge in [0.2, 0.25) is 0 Å². The number of nitrogens with zero attached hydrogens (tertiary/aromatic N) is 2. The first-order valence-corrected chi connectivity index (χ1v) is 17.5. The molecule has 51 heavy (non-hydrogen) atoms. The molecule has 0 saturated heterocycles. The summed E-state index contributed by atoms with van der Waals surface area (Å²) in [5.41, 5.74) is 6.09. The van der Waals surface area contributed by atoms with Gasteiger partial charge < -0.3 is 40.0 Å². The van der Waals surface area contributed by atoms with Gasteiger partial charge in [-0.2, -0.15) is 0 Å². The number of hydrogen-bond acceptors (Lipinski definition) is 9. The van der Waals surface area contributed by atoms with E-state index in [1.807, 2.05) is 32.9 Å². The number of amidine groups is 1. The lowest BCUT2D eigenvalue weighted by Crippen LogP contribution is -2.38. The van der Waals surface area contributed by atoms with Crippen LogP contribution in [0.15, 0.2) is 48.5 Å². The molecule has 2 aromatic carbocycles. The number of carbonyl (C=O) groups is 3. The van der Waals surface area contributed by atoms with Crippen molar-refractivity contribution in [1.29, 1.82) is 5.41 Å². The summed E-state index contributed by atoms with van der Waals surface area (Å²) in [7, 11) is 1.38. The van der Waals surface area contributed by atoms with E-state index in [0.717, 1.165) is 63.8 Å². The lowest BCUT2D eigenvalue weighted by molar-refractivity contribution is -0.141. The molecule has 13 heteroatoms. The third-order valence-corrected chi connectivity index (χ3v) is 7.17. The van der Waals surface area contributed by atoms with E-state index in [9.17, 15) is 14.4 Å². The molecule has 0 spiro atoms. The maximum atomic E-state index is 12.5. The molecule has 0 radical (unpaired) electrons. The SMILES string of the molecule is N=C(N)c1ccc(OCCCNCCCCCC(=O)O)cc1.[C-]#[N+]c1ccc(OCCCN(CCCCCC(=O)OC)C(=O)OC(C)(C)C)cc1. The van der Waals surface area contributed by atoms with Gasteiger partial charge in [0, 0.05) is 31.5 Å². The van der Waals surface area contributed by atoms with E-state index < -0.39 is 11.6 Å². The quantitative estimate of drug-likeness (QED) is 0.0310. The van der Waals surface area contributed by atoms with Gasteiger partial charge in [0.05, 0.1) is 26.9 Å². The van der Waals surface area contributed by atoms with Crippen LogP contribution in [0.4, 0.5) is 10.5 Å². The molecule has 0 fully saturated rings. The van der Waals surface area contributed by atoms with Crippen LogP contribution in [0.3, 0.4) is 0 Å². The molecular formula is C38H57N5O8. The fourth-order valence-corrected chi connectivity index (χ4v) is 4.48. The van der Waals surface area contributed by atoms with Crippen LogP contribution in [0.25, 0.3) is 4.85 Å². The van der Waals surface area contributed by atoms with Crippen LogP contribution in [0.5, 0.6) is 11.5 Å². The number of rotatable bonds is 23. The fraction of sp³-hybridized carbons (Fsp3) is 0.553. The molecule has 0 saturated carbocycles. The number of nitrogen functional groups attached to an aromatic ring is 1. The van der Waals surface area contributed by atoms with Crippen molar-refractivity contribution >= 4 is 29.6 Å². The Labute approximate surface area is 303 Å². The van der Waals surface area contributed by atoms with E-state index >= 15 is 0 Å². The molecule has 282 valence electrons. The van der Waals surface area contributed by atoms with Gasteiger partial charge in [-0.1, -0.05) is 25.0 Å². The molecule has 0 aromatic heterocycles. The Bertz CT molecular complexity index is 1340. The number of nitrogens with two attached hydrogens (primary N) is 1. The second-order valence-electron chi connectivity index (χ2n) is 12.8. The number of unbranched alkanes of at least 4 members (excludes halogenated alkanes) is 4. The summed E-state index contributed by atoms with van der Waals surface area (Å²) >= 11 is 0. The standard InChI is InChI=1S/C22H32N2O5.C16H25N3O3/c1-22(2,3)29-21(26)24(15-8-6-7-10-20(25)27-5)16-9-17-28-19-13-11-18(23-4)12-14-19;17-16(18)13-6-8-14(9-7-13)22-12-4-11-19-10-3-1-2-5-15(20)21/h11-14H,6-10,15-17H2,1-3,5H3;6-9,19H,1-5,10-12H2,(H3,17,18)(H,20,21). The number of ether oxygens (including phenoxy) is 4. The van der Waals surface area contributed by atoms with Crippen LogP contribution in [0.2, 0.25) is 0 Å². The topological polar surface area (TPSA) is 178 Å². The minimum atomic E-state index is -0.721. The minimum absolute atomic E-state index is 0.0547. The van der Waals surface area contributed by atoms with E-state index in [-0.39, 0.29) is 24.3 Å². The molecule has 0 bridgehead atoms. The van der Waals surface area contributed by atoms with Crippen molar-refractivity contribution in [2.45, 2.75) is 90.6 Å². The zero-order valence-electron chi connectivity index (χ0n) is 30.7. The van der Waals surface area contributed by atoms with Crippen LogP contribution in [0.1, 0.15) is 90.5 Å². The lowest BCUT2D eigenvalue weighted by Gasteiger charge is -2.27. The summed E-state index contributed by atoms with van der Waals surface area (Å²) in [6.07, 6.45) is 6.92. The number of benzene rings is 2. The molecule has 5 N–H and O–H groups in total. The van der Waals surface area contributed by atoms with E-state index in [1.54, 1.807) is 41.3 Å². The number of carbonyl (C=O) groups excluding carboxylic acids is 2. The molecular weight excluding hydrogens is 654 g/mol. The van der Waals surface area contributed by atoms with Crippen molar-refractivity contribution in [1.82, 2.24) is 10.2 Å². The maximum Gasteiger partial charge on any atom is 0.410 e. The smallest absolute Gasteiger partial charge is 0.410 e. The van der Waals surface area contributed by atoms with E-state index in [4.69, 9.17) is 37.0 Å². The van der Waals surface area contributed by atoms with Crippen molar-refractivity contribution < 1.29 is 38.4 Å².